The number of carbonyl (C=O) groups is 2. The van der Waals surface area contributed by atoms with Crippen molar-refractivity contribution in [1.29, 1.82) is 0 Å². The van der Waals surface area contributed by atoms with Crippen LogP contribution in [0.5, 0.6) is 0 Å². The van der Waals surface area contributed by atoms with E-state index in [0.29, 0.717) is 0 Å². The SMILES string of the molecule is CNc1c(C(=O)NC(C)(C)CC(N)=O)cccc1[N+](=O)[O-]. The number of nitrogens with zero attached hydrogens (tertiary/aromatic N) is 1. The Labute approximate surface area is 121 Å². The van der Waals surface area contributed by atoms with Crippen molar-refractivity contribution < 1.29 is 14.5 Å². The summed E-state index contributed by atoms with van der Waals surface area (Å²) in [4.78, 5) is 33.6. The molecule has 0 aliphatic rings. The molecule has 0 bridgehead atoms. The van der Waals surface area contributed by atoms with Crippen molar-refractivity contribution in [2.24, 2.45) is 5.73 Å². The number of benzene rings is 1. The Morgan fingerprint density at radius 1 is 1.38 bits per heavy atom. The van der Waals surface area contributed by atoms with Crippen LogP contribution in [-0.2, 0) is 4.79 Å². The lowest BCUT2D eigenvalue weighted by atomic mass is 9.99. The Kier molecular flexibility index (Phi) is 4.85. The summed E-state index contributed by atoms with van der Waals surface area (Å²) in [6.45, 7) is 3.29. The molecule has 0 heterocycles. The molecule has 1 aromatic carbocycles. The molecule has 0 fully saturated rings. The number of primary amides is 1. The first-order chi connectivity index (χ1) is 9.68. The molecule has 8 heteroatoms. The summed E-state index contributed by atoms with van der Waals surface area (Å²) in [7, 11) is 1.49. The van der Waals surface area contributed by atoms with Crippen LogP contribution in [0.2, 0.25) is 0 Å². The summed E-state index contributed by atoms with van der Waals surface area (Å²) >= 11 is 0. The number of nitro benzene ring substituents is 1. The van der Waals surface area contributed by atoms with Crippen molar-refractivity contribution in [1.82, 2.24) is 5.32 Å². The number of hydrogen-bond acceptors (Lipinski definition) is 5. The number of hydrogen-bond donors (Lipinski definition) is 3. The molecule has 0 saturated heterocycles. The average Bonchev–Trinajstić information content (AvgIpc) is 2.35. The van der Waals surface area contributed by atoms with Gasteiger partial charge in [0.15, 0.2) is 0 Å². The van der Waals surface area contributed by atoms with Crippen molar-refractivity contribution in [3.8, 4) is 0 Å². The molecule has 1 rings (SSSR count). The Morgan fingerprint density at radius 2 is 2.00 bits per heavy atom. The molecule has 0 atom stereocenters. The van der Waals surface area contributed by atoms with Crippen LogP contribution in [0.4, 0.5) is 11.4 Å². The number of para-hydroxylation sites is 1. The molecule has 1 aromatic rings. The van der Waals surface area contributed by atoms with Gasteiger partial charge in [-0.2, -0.15) is 0 Å². The highest BCUT2D eigenvalue weighted by molar-refractivity contribution is 6.02. The predicted molar refractivity (Wildman–Crippen MR) is 78.0 cm³/mol. The van der Waals surface area contributed by atoms with Crippen molar-refractivity contribution in [3.05, 3.63) is 33.9 Å². The molecule has 2 amide bonds. The number of anilines is 1. The first kappa shape index (κ1) is 16.4. The van der Waals surface area contributed by atoms with Gasteiger partial charge in [0.1, 0.15) is 5.69 Å². The molecule has 8 nitrogen and oxygen atoms in total. The maximum atomic E-state index is 12.3. The van der Waals surface area contributed by atoms with Gasteiger partial charge in [-0.25, -0.2) is 0 Å². The van der Waals surface area contributed by atoms with Crippen molar-refractivity contribution in [2.45, 2.75) is 25.8 Å². The molecular formula is C13H18N4O4. The number of carbonyl (C=O) groups excluding carboxylic acids is 2. The van der Waals surface area contributed by atoms with Gasteiger partial charge >= 0.3 is 0 Å². The fraction of sp³-hybridized carbons (Fsp3) is 0.385. The summed E-state index contributed by atoms with van der Waals surface area (Å²) in [6, 6.07) is 4.20. The van der Waals surface area contributed by atoms with Crippen LogP contribution in [0.3, 0.4) is 0 Å². The molecule has 0 saturated carbocycles. The van der Waals surface area contributed by atoms with Gasteiger partial charge in [0, 0.05) is 25.1 Å². The third-order valence-electron chi connectivity index (χ3n) is 2.80. The Bertz CT molecular complexity index is 584. The van der Waals surface area contributed by atoms with Gasteiger partial charge in [-0.1, -0.05) is 6.07 Å². The highest BCUT2D eigenvalue weighted by atomic mass is 16.6. The maximum absolute atomic E-state index is 12.3. The Hall–Kier alpha value is -2.64. The summed E-state index contributed by atoms with van der Waals surface area (Å²) in [5.74, 6) is -1.07. The van der Waals surface area contributed by atoms with Crippen molar-refractivity contribution in [2.75, 3.05) is 12.4 Å². The summed E-state index contributed by atoms with van der Waals surface area (Å²) in [5, 5.41) is 16.3. The summed E-state index contributed by atoms with van der Waals surface area (Å²) in [6.07, 6.45) is -0.0391. The lowest BCUT2D eigenvalue weighted by molar-refractivity contribution is -0.384. The fourth-order valence-electron chi connectivity index (χ4n) is 2.00. The maximum Gasteiger partial charge on any atom is 0.293 e. The van der Waals surface area contributed by atoms with E-state index in [1.54, 1.807) is 13.8 Å². The molecule has 0 aromatic heterocycles. The molecule has 114 valence electrons. The highest BCUT2D eigenvalue weighted by Gasteiger charge is 2.26. The summed E-state index contributed by atoms with van der Waals surface area (Å²) in [5.41, 5.74) is 4.33. The van der Waals surface area contributed by atoms with Crippen LogP contribution in [0.15, 0.2) is 18.2 Å². The normalized spacial score (nSPS) is 10.8. The van der Waals surface area contributed by atoms with E-state index in [-0.39, 0.29) is 23.4 Å². The Morgan fingerprint density at radius 3 is 2.48 bits per heavy atom. The van der Waals surface area contributed by atoms with Crippen molar-refractivity contribution >= 4 is 23.2 Å². The lowest BCUT2D eigenvalue weighted by Gasteiger charge is -2.25. The zero-order valence-electron chi connectivity index (χ0n) is 12.1. The quantitative estimate of drug-likeness (QED) is 0.533. The van der Waals surface area contributed by atoms with Crippen LogP contribution in [0, 0.1) is 10.1 Å². The molecule has 0 unspecified atom stereocenters. The van der Waals surface area contributed by atoms with Gasteiger partial charge in [0.05, 0.1) is 10.5 Å². The number of nitrogens with two attached hydrogens (primary N) is 1. The smallest absolute Gasteiger partial charge is 0.293 e. The standard InChI is InChI=1S/C13H18N4O4/c1-13(2,7-10(14)18)16-12(19)8-5-4-6-9(17(20)21)11(8)15-3/h4-6,15H,7H2,1-3H3,(H2,14,18)(H,16,19). The Balaban J connectivity index is 3.11. The molecule has 21 heavy (non-hydrogen) atoms. The second kappa shape index (κ2) is 6.21. The zero-order chi connectivity index (χ0) is 16.2. The molecule has 4 N–H and O–H groups in total. The molecule has 0 spiro atoms. The molecule has 0 aliphatic carbocycles. The van der Waals surface area contributed by atoms with E-state index in [0.717, 1.165) is 0 Å². The molecule has 0 aliphatic heterocycles. The van der Waals surface area contributed by atoms with Crippen LogP contribution in [0.25, 0.3) is 0 Å². The van der Waals surface area contributed by atoms with E-state index in [2.05, 4.69) is 10.6 Å². The highest BCUT2D eigenvalue weighted by Crippen LogP contribution is 2.28. The summed E-state index contributed by atoms with van der Waals surface area (Å²) < 4.78 is 0. The van der Waals surface area contributed by atoms with Gasteiger partial charge in [-0.05, 0) is 19.9 Å². The third-order valence-corrected chi connectivity index (χ3v) is 2.80. The van der Waals surface area contributed by atoms with Crippen LogP contribution in [-0.4, -0.2) is 29.3 Å². The largest absolute Gasteiger partial charge is 0.382 e. The minimum atomic E-state index is -0.849. The van der Waals surface area contributed by atoms with E-state index in [9.17, 15) is 19.7 Å². The van der Waals surface area contributed by atoms with Gasteiger partial charge < -0.3 is 16.4 Å². The first-order valence-electron chi connectivity index (χ1n) is 6.24. The van der Waals surface area contributed by atoms with Gasteiger partial charge in [-0.15, -0.1) is 0 Å². The van der Waals surface area contributed by atoms with E-state index in [4.69, 9.17) is 5.73 Å². The van der Waals surface area contributed by atoms with Crippen LogP contribution in [0.1, 0.15) is 30.6 Å². The predicted octanol–water partition coefficient (Wildman–Crippen LogP) is 1.02. The van der Waals surface area contributed by atoms with Gasteiger partial charge in [0.2, 0.25) is 5.91 Å². The number of amides is 2. The molecule has 0 radical (unpaired) electrons. The minimum Gasteiger partial charge on any atom is -0.382 e. The van der Waals surface area contributed by atoms with Gasteiger partial charge in [-0.3, -0.25) is 19.7 Å². The average molecular weight is 294 g/mol. The monoisotopic (exact) mass is 294 g/mol. The van der Waals surface area contributed by atoms with E-state index < -0.39 is 22.3 Å². The minimum absolute atomic E-state index is 0.0391. The van der Waals surface area contributed by atoms with Gasteiger partial charge in [0.25, 0.3) is 11.6 Å². The second-order valence-electron chi connectivity index (χ2n) is 5.19. The molecular weight excluding hydrogens is 276 g/mol. The fourth-order valence-corrected chi connectivity index (χ4v) is 2.00. The van der Waals surface area contributed by atoms with E-state index in [1.807, 2.05) is 0 Å². The first-order valence-corrected chi connectivity index (χ1v) is 6.24. The van der Waals surface area contributed by atoms with Crippen molar-refractivity contribution in [3.63, 3.8) is 0 Å². The third kappa shape index (κ3) is 4.16. The second-order valence-corrected chi connectivity index (χ2v) is 5.19. The lowest BCUT2D eigenvalue weighted by Crippen LogP contribution is -2.46. The van der Waals surface area contributed by atoms with E-state index in [1.165, 1.54) is 25.2 Å². The number of nitrogens with one attached hydrogen (secondary N) is 2. The van der Waals surface area contributed by atoms with Crippen LogP contribution < -0.4 is 16.4 Å². The number of rotatable bonds is 6. The topological polar surface area (TPSA) is 127 Å². The zero-order valence-corrected chi connectivity index (χ0v) is 12.1. The van der Waals surface area contributed by atoms with E-state index >= 15 is 0 Å². The van der Waals surface area contributed by atoms with Crippen LogP contribution >= 0.6 is 0 Å². The number of nitro groups is 1.